The summed E-state index contributed by atoms with van der Waals surface area (Å²) in [6.07, 6.45) is 0. The molecule has 2 heterocycles. The van der Waals surface area contributed by atoms with Gasteiger partial charge in [-0.25, -0.2) is 9.59 Å². The summed E-state index contributed by atoms with van der Waals surface area (Å²) in [6.45, 7) is 7.19. The minimum atomic E-state index is -0.648. The summed E-state index contributed by atoms with van der Waals surface area (Å²) < 4.78 is 11.8. The maximum atomic E-state index is 12.9. The Morgan fingerprint density at radius 3 is 2.41 bits per heavy atom. The number of anilines is 1. The molecule has 1 aliphatic heterocycles. The standard InChI is InChI=1S/C18H21N5O4/c1-10-13(16(25)27-18(2,3)4)14(23-17(19-10)20-21-22-23)11-6-8-12(9-7-11)15(24)26-5/h6-9,14H,1-5H3,(H,19,20,22). The van der Waals surface area contributed by atoms with Gasteiger partial charge in [0.2, 0.25) is 5.95 Å². The van der Waals surface area contributed by atoms with Crippen molar-refractivity contribution in [2.75, 3.05) is 12.4 Å². The number of nitrogens with one attached hydrogen (secondary N) is 1. The maximum absolute atomic E-state index is 12.9. The predicted octanol–water partition coefficient (Wildman–Crippen LogP) is 2.09. The van der Waals surface area contributed by atoms with Crippen molar-refractivity contribution < 1.29 is 19.1 Å². The van der Waals surface area contributed by atoms with Crippen LogP contribution in [0.2, 0.25) is 0 Å². The molecule has 1 N–H and O–H groups in total. The van der Waals surface area contributed by atoms with Crippen molar-refractivity contribution >= 4 is 17.9 Å². The van der Waals surface area contributed by atoms with Crippen LogP contribution in [0.25, 0.3) is 0 Å². The van der Waals surface area contributed by atoms with E-state index in [-0.39, 0.29) is 0 Å². The van der Waals surface area contributed by atoms with E-state index in [4.69, 9.17) is 9.47 Å². The third-order valence-corrected chi connectivity index (χ3v) is 3.98. The predicted molar refractivity (Wildman–Crippen MR) is 95.9 cm³/mol. The normalized spacial score (nSPS) is 16.4. The van der Waals surface area contributed by atoms with Gasteiger partial charge in [-0.05, 0) is 55.8 Å². The highest BCUT2D eigenvalue weighted by Gasteiger charge is 2.36. The molecule has 27 heavy (non-hydrogen) atoms. The lowest BCUT2D eigenvalue weighted by molar-refractivity contribution is -0.150. The molecule has 0 radical (unpaired) electrons. The molecule has 1 aromatic heterocycles. The van der Waals surface area contributed by atoms with Crippen LogP contribution in [0.3, 0.4) is 0 Å². The maximum Gasteiger partial charge on any atom is 0.338 e. The summed E-state index contributed by atoms with van der Waals surface area (Å²) in [5, 5.41) is 14.7. The van der Waals surface area contributed by atoms with Crippen LogP contribution in [0, 0.1) is 0 Å². The van der Waals surface area contributed by atoms with E-state index in [1.807, 2.05) is 0 Å². The number of hydrogen-bond donors (Lipinski definition) is 1. The fourth-order valence-electron chi connectivity index (χ4n) is 2.84. The molecule has 1 unspecified atom stereocenters. The second-order valence-electron chi connectivity index (χ2n) is 7.13. The van der Waals surface area contributed by atoms with Gasteiger partial charge in [-0.15, -0.1) is 0 Å². The summed E-state index contributed by atoms with van der Waals surface area (Å²) in [7, 11) is 1.32. The van der Waals surface area contributed by atoms with E-state index in [1.54, 1.807) is 52.0 Å². The zero-order chi connectivity index (χ0) is 19.8. The zero-order valence-electron chi connectivity index (χ0n) is 15.8. The van der Waals surface area contributed by atoms with E-state index in [9.17, 15) is 9.59 Å². The van der Waals surface area contributed by atoms with Gasteiger partial charge in [0, 0.05) is 5.70 Å². The van der Waals surface area contributed by atoms with Gasteiger partial charge in [-0.3, -0.25) is 0 Å². The van der Waals surface area contributed by atoms with Gasteiger partial charge in [-0.1, -0.05) is 17.2 Å². The van der Waals surface area contributed by atoms with Gasteiger partial charge in [0.05, 0.1) is 18.2 Å². The van der Waals surface area contributed by atoms with Crippen LogP contribution in [0.4, 0.5) is 5.95 Å². The Morgan fingerprint density at radius 2 is 1.81 bits per heavy atom. The molecule has 0 saturated heterocycles. The number of nitrogens with zero attached hydrogens (tertiary/aromatic N) is 4. The Morgan fingerprint density at radius 1 is 1.15 bits per heavy atom. The molecule has 9 nitrogen and oxygen atoms in total. The second kappa shape index (κ2) is 6.82. The van der Waals surface area contributed by atoms with Gasteiger partial charge >= 0.3 is 11.9 Å². The van der Waals surface area contributed by atoms with Crippen molar-refractivity contribution in [2.24, 2.45) is 0 Å². The molecule has 0 fully saturated rings. The van der Waals surface area contributed by atoms with Gasteiger partial charge < -0.3 is 14.8 Å². The molecule has 0 amide bonds. The molecular weight excluding hydrogens is 350 g/mol. The number of allylic oxidation sites excluding steroid dienone is 1. The van der Waals surface area contributed by atoms with Crippen LogP contribution in [0.5, 0.6) is 0 Å². The lowest BCUT2D eigenvalue weighted by Gasteiger charge is -2.29. The Bertz CT molecular complexity index is 909. The molecule has 0 spiro atoms. The Hall–Kier alpha value is -3.23. The van der Waals surface area contributed by atoms with E-state index < -0.39 is 23.6 Å². The van der Waals surface area contributed by atoms with Crippen LogP contribution < -0.4 is 5.32 Å². The van der Waals surface area contributed by atoms with Crippen molar-refractivity contribution in [3.05, 3.63) is 46.7 Å². The number of esters is 2. The first-order valence-electron chi connectivity index (χ1n) is 8.38. The van der Waals surface area contributed by atoms with Crippen molar-refractivity contribution in [3.8, 4) is 0 Å². The van der Waals surface area contributed by atoms with E-state index in [2.05, 4.69) is 20.8 Å². The highest BCUT2D eigenvalue weighted by atomic mass is 16.6. The molecule has 1 aliphatic rings. The molecule has 0 aliphatic carbocycles. The molecule has 1 aromatic carbocycles. The summed E-state index contributed by atoms with van der Waals surface area (Å²) in [6, 6.07) is 6.17. The molecular formula is C18H21N5O4. The highest BCUT2D eigenvalue weighted by molar-refractivity contribution is 5.93. The monoisotopic (exact) mass is 371 g/mol. The van der Waals surface area contributed by atoms with E-state index in [0.29, 0.717) is 22.8 Å². The van der Waals surface area contributed by atoms with E-state index in [1.165, 1.54) is 11.8 Å². The van der Waals surface area contributed by atoms with Gasteiger partial charge in [0.15, 0.2) is 0 Å². The molecule has 0 saturated carbocycles. The first-order valence-corrected chi connectivity index (χ1v) is 8.38. The van der Waals surface area contributed by atoms with Crippen molar-refractivity contribution in [1.82, 2.24) is 20.2 Å². The Labute approximate surface area is 156 Å². The molecule has 2 aromatic rings. The first kappa shape index (κ1) is 18.6. The van der Waals surface area contributed by atoms with E-state index >= 15 is 0 Å². The van der Waals surface area contributed by atoms with Crippen LogP contribution in [-0.4, -0.2) is 44.9 Å². The van der Waals surface area contributed by atoms with Crippen LogP contribution in [0.1, 0.15) is 49.7 Å². The quantitative estimate of drug-likeness (QED) is 0.817. The van der Waals surface area contributed by atoms with Crippen molar-refractivity contribution in [1.29, 1.82) is 0 Å². The van der Waals surface area contributed by atoms with Crippen LogP contribution in [-0.2, 0) is 14.3 Å². The number of fused-ring (bicyclic) bond motifs is 1. The average Bonchev–Trinajstić information content (AvgIpc) is 3.06. The molecule has 0 bridgehead atoms. The van der Waals surface area contributed by atoms with E-state index in [0.717, 1.165) is 5.56 Å². The lowest BCUT2D eigenvalue weighted by atomic mass is 9.95. The number of aromatic nitrogens is 4. The first-order chi connectivity index (χ1) is 12.7. The van der Waals surface area contributed by atoms with Gasteiger partial charge in [-0.2, -0.15) is 4.68 Å². The third kappa shape index (κ3) is 3.67. The summed E-state index contributed by atoms with van der Waals surface area (Å²) in [5.41, 5.74) is 1.50. The number of tetrazole rings is 1. The molecule has 3 rings (SSSR count). The largest absolute Gasteiger partial charge is 0.465 e. The van der Waals surface area contributed by atoms with Crippen molar-refractivity contribution in [3.63, 3.8) is 0 Å². The summed E-state index contributed by atoms with van der Waals surface area (Å²) in [5.74, 6) is -0.480. The summed E-state index contributed by atoms with van der Waals surface area (Å²) in [4.78, 5) is 24.6. The number of rotatable bonds is 3. The number of carbonyl (C=O) groups is 2. The SMILES string of the molecule is COC(=O)c1ccc(C2C(C(=O)OC(C)(C)C)=C(C)Nc3nnnn32)cc1. The van der Waals surface area contributed by atoms with Crippen LogP contribution in [0.15, 0.2) is 35.5 Å². The Kier molecular flexibility index (Phi) is 4.69. The molecule has 142 valence electrons. The number of ether oxygens (including phenoxy) is 2. The number of hydrogen-bond acceptors (Lipinski definition) is 8. The second-order valence-corrected chi connectivity index (χ2v) is 7.13. The highest BCUT2D eigenvalue weighted by Crippen LogP contribution is 2.35. The smallest absolute Gasteiger partial charge is 0.338 e. The fraction of sp³-hybridized carbons (Fsp3) is 0.389. The van der Waals surface area contributed by atoms with Gasteiger partial charge in [0.1, 0.15) is 11.6 Å². The third-order valence-electron chi connectivity index (χ3n) is 3.98. The average molecular weight is 371 g/mol. The fourth-order valence-corrected chi connectivity index (χ4v) is 2.84. The zero-order valence-corrected chi connectivity index (χ0v) is 15.8. The minimum absolute atomic E-state index is 0.399. The molecule has 9 heteroatoms. The summed E-state index contributed by atoms with van der Waals surface area (Å²) >= 11 is 0. The minimum Gasteiger partial charge on any atom is -0.465 e. The van der Waals surface area contributed by atoms with Crippen LogP contribution >= 0.6 is 0 Å². The molecule has 1 atom stereocenters. The van der Waals surface area contributed by atoms with Crippen molar-refractivity contribution in [2.45, 2.75) is 39.3 Å². The Balaban J connectivity index is 2.06. The number of methoxy groups -OCH3 is 1. The lowest BCUT2D eigenvalue weighted by Crippen LogP contribution is -2.33. The number of carbonyl (C=O) groups excluding carboxylic acids is 2. The number of benzene rings is 1. The topological polar surface area (TPSA) is 108 Å². The van der Waals surface area contributed by atoms with Gasteiger partial charge in [0.25, 0.3) is 0 Å².